The normalized spacial score (nSPS) is 11.1. The molecule has 0 bridgehead atoms. The standard InChI is InChI=1S/C11H15N3O4/c1-6-12-5-7(8(15)13-6)9(16)14(4)11(2,3)10(17)18/h5H,1-4H3,(H,17,18)(H,12,13,15). The zero-order chi connectivity index (χ0) is 14.1. The molecule has 0 saturated heterocycles. The number of amides is 1. The highest BCUT2D eigenvalue weighted by Gasteiger charge is 2.36. The van der Waals surface area contributed by atoms with E-state index in [9.17, 15) is 14.4 Å². The predicted octanol–water partition coefficient (Wildman–Crippen LogP) is 0.0135. The van der Waals surface area contributed by atoms with Crippen LogP contribution < -0.4 is 5.56 Å². The Morgan fingerprint density at radius 2 is 2.00 bits per heavy atom. The molecular weight excluding hydrogens is 238 g/mol. The summed E-state index contributed by atoms with van der Waals surface area (Å²) in [4.78, 5) is 41.9. The van der Waals surface area contributed by atoms with Gasteiger partial charge in [0, 0.05) is 13.2 Å². The molecule has 1 amide bonds. The summed E-state index contributed by atoms with van der Waals surface area (Å²) < 4.78 is 0. The Morgan fingerprint density at radius 1 is 1.44 bits per heavy atom. The van der Waals surface area contributed by atoms with Crippen LogP contribution in [0.1, 0.15) is 30.0 Å². The molecule has 1 rings (SSSR count). The third-order valence-electron chi connectivity index (χ3n) is 2.82. The molecule has 1 heterocycles. The minimum absolute atomic E-state index is 0.183. The second-order valence-electron chi connectivity index (χ2n) is 4.44. The van der Waals surface area contributed by atoms with Gasteiger partial charge in [-0.1, -0.05) is 0 Å². The third-order valence-corrected chi connectivity index (χ3v) is 2.82. The molecule has 0 aliphatic heterocycles. The molecule has 0 unspecified atom stereocenters. The van der Waals surface area contributed by atoms with Crippen molar-refractivity contribution >= 4 is 11.9 Å². The molecule has 1 aromatic rings. The van der Waals surface area contributed by atoms with E-state index in [1.807, 2.05) is 0 Å². The number of hydrogen-bond donors (Lipinski definition) is 2. The van der Waals surface area contributed by atoms with E-state index < -0.39 is 23.0 Å². The first-order valence-corrected chi connectivity index (χ1v) is 5.25. The molecule has 0 atom stereocenters. The van der Waals surface area contributed by atoms with Crippen molar-refractivity contribution in [2.24, 2.45) is 0 Å². The van der Waals surface area contributed by atoms with Gasteiger partial charge >= 0.3 is 5.97 Å². The molecule has 0 aliphatic carbocycles. The van der Waals surface area contributed by atoms with Gasteiger partial charge in [0.25, 0.3) is 11.5 Å². The number of aromatic nitrogens is 2. The number of aryl methyl sites for hydroxylation is 1. The number of likely N-dealkylation sites (N-methyl/N-ethyl adjacent to an activating group) is 1. The summed E-state index contributed by atoms with van der Waals surface area (Å²) in [6.45, 7) is 4.34. The Labute approximate surface area is 103 Å². The van der Waals surface area contributed by atoms with Crippen molar-refractivity contribution in [3.8, 4) is 0 Å². The van der Waals surface area contributed by atoms with E-state index in [4.69, 9.17) is 5.11 Å². The van der Waals surface area contributed by atoms with E-state index in [2.05, 4.69) is 9.97 Å². The number of hydrogen-bond acceptors (Lipinski definition) is 4. The Kier molecular flexibility index (Phi) is 3.54. The highest BCUT2D eigenvalue weighted by Crippen LogP contribution is 2.14. The van der Waals surface area contributed by atoms with Crippen LogP contribution in [0.15, 0.2) is 11.0 Å². The molecule has 7 heteroatoms. The van der Waals surface area contributed by atoms with E-state index in [0.29, 0.717) is 5.82 Å². The molecule has 7 nitrogen and oxygen atoms in total. The second kappa shape index (κ2) is 4.59. The third kappa shape index (κ3) is 2.39. The Balaban J connectivity index is 3.16. The van der Waals surface area contributed by atoms with E-state index in [-0.39, 0.29) is 5.56 Å². The van der Waals surface area contributed by atoms with Gasteiger partial charge in [-0.25, -0.2) is 9.78 Å². The summed E-state index contributed by atoms with van der Waals surface area (Å²) in [5.74, 6) is -1.46. The molecule has 0 saturated carbocycles. The maximum Gasteiger partial charge on any atom is 0.329 e. The van der Waals surface area contributed by atoms with Gasteiger partial charge in [-0.15, -0.1) is 0 Å². The summed E-state index contributed by atoms with van der Waals surface area (Å²) in [7, 11) is 1.33. The lowest BCUT2D eigenvalue weighted by molar-refractivity contribution is -0.147. The van der Waals surface area contributed by atoms with Crippen molar-refractivity contribution in [1.29, 1.82) is 0 Å². The van der Waals surface area contributed by atoms with E-state index in [1.54, 1.807) is 6.92 Å². The average molecular weight is 253 g/mol. The highest BCUT2D eigenvalue weighted by molar-refractivity contribution is 5.96. The monoisotopic (exact) mass is 253 g/mol. The van der Waals surface area contributed by atoms with Crippen molar-refractivity contribution in [3.63, 3.8) is 0 Å². The molecule has 0 spiro atoms. The molecular formula is C11H15N3O4. The van der Waals surface area contributed by atoms with Crippen LogP contribution in [0.2, 0.25) is 0 Å². The van der Waals surface area contributed by atoms with Crippen molar-refractivity contribution in [2.75, 3.05) is 7.05 Å². The van der Waals surface area contributed by atoms with Crippen LogP contribution in [-0.4, -0.2) is 44.4 Å². The predicted molar refractivity (Wildman–Crippen MR) is 63.4 cm³/mol. The lowest BCUT2D eigenvalue weighted by Gasteiger charge is -2.31. The molecule has 1 aromatic heterocycles. The lowest BCUT2D eigenvalue weighted by Crippen LogP contribution is -2.51. The first-order chi connectivity index (χ1) is 8.17. The Bertz CT molecular complexity index is 547. The highest BCUT2D eigenvalue weighted by atomic mass is 16.4. The number of carboxylic acids is 1. The van der Waals surface area contributed by atoms with E-state index in [0.717, 1.165) is 11.1 Å². The summed E-state index contributed by atoms with van der Waals surface area (Å²) in [6, 6.07) is 0. The molecule has 0 radical (unpaired) electrons. The van der Waals surface area contributed by atoms with Gasteiger partial charge < -0.3 is 15.0 Å². The number of nitrogens with zero attached hydrogens (tertiary/aromatic N) is 2. The zero-order valence-corrected chi connectivity index (χ0v) is 10.6. The second-order valence-corrected chi connectivity index (χ2v) is 4.44. The fourth-order valence-electron chi connectivity index (χ4n) is 1.21. The van der Waals surface area contributed by atoms with Gasteiger partial charge in [0.15, 0.2) is 0 Å². The van der Waals surface area contributed by atoms with Crippen LogP contribution in [0.5, 0.6) is 0 Å². The summed E-state index contributed by atoms with van der Waals surface area (Å²) in [5.41, 5.74) is -2.17. The minimum atomic E-state index is -1.41. The number of aliphatic carboxylic acids is 1. The summed E-state index contributed by atoms with van der Waals surface area (Å²) >= 11 is 0. The molecule has 0 aliphatic rings. The summed E-state index contributed by atoms with van der Waals surface area (Å²) in [5, 5.41) is 9.03. The van der Waals surface area contributed by atoms with Crippen molar-refractivity contribution in [2.45, 2.75) is 26.3 Å². The molecule has 0 aromatic carbocycles. The van der Waals surface area contributed by atoms with E-state index >= 15 is 0 Å². The molecule has 18 heavy (non-hydrogen) atoms. The van der Waals surface area contributed by atoms with Crippen molar-refractivity contribution in [3.05, 3.63) is 27.9 Å². The van der Waals surface area contributed by atoms with Gasteiger partial charge in [-0.2, -0.15) is 0 Å². The van der Waals surface area contributed by atoms with Crippen LogP contribution in [-0.2, 0) is 4.79 Å². The molecule has 2 N–H and O–H groups in total. The number of nitrogens with one attached hydrogen (secondary N) is 1. The average Bonchev–Trinajstić information content (AvgIpc) is 2.26. The van der Waals surface area contributed by atoms with Crippen LogP contribution in [0.3, 0.4) is 0 Å². The maximum atomic E-state index is 12.0. The van der Waals surface area contributed by atoms with Gasteiger partial charge in [0.2, 0.25) is 0 Å². The van der Waals surface area contributed by atoms with Crippen LogP contribution in [0, 0.1) is 6.92 Å². The van der Waals surface area contributed by atoms with Crippen LogP contribution in [0.4, 0.5) is 0 Å². The van der Waals surface area contributed by atoms with Gasteiger partial charge in [0.1, 0.15) is 16.9 Å². The van der Waals surface area contributed by atoms with Crippen LogP contribution in [0.25, 0.3) is 0 Å². The minimum Gasteiger partial charge on any atom is -0.480 e. The topological polar surface area (TPSA) is 103 Å². The number of carbonyl (C=O) groups is 2. The SMILES string of the molecule is Cc1ncc(C(=O)N(C)C(C)(C)C(=O)O)c(=O)[nH]1. The van der Waals surface area contributed by atoms with E-state index in [1.165, 1.54) is 20.9 Å². The number of carbonyl (C=O) groups excluding carboxylic acids is 1. The Morgan fingerprint density at radius 3 is 2.44 bits per heavy atom. The van der Waals surface area contributed by atoms with Crippen molar-refractivity contribution in [1.82, 2.24) is 14.9 Å². The molecule has 0 fully saturated rings. The van der Waals surface area contributed by atoms with Gasteiger partial charge in [0.05, 0.1) is 0 Å². The first-order valence-electron chi connectivity index (χ1n) is 5.25. The largest absolute Gasteiger partial charge is 0.480 e. The number of H-pyrrole nitrogens is 1. The Hall–Kier alpha value is -2.18. The first kappa shape index (κ1) is 13.9. The van der Waals surface area contributed by atoms with Crippen molar-refractivity contribution < 1.29 is 14.7 Å². The number of carboxylic acid groups (broad SMARTS) is 1. The quantitative estimate of drug-likeness (QED) is 0.790. The zero-order valence-electron chi connectivity index (χ0n) is 10.6. The fourth-order valence-corrected chi connectivity index (χ4v) is 1.21. The number of aromatic amines is 1. The van der Waals surface area contributed by atoms with Crippen LogP contribution >= 0.6 is 0 Å². The fraction of sp³-hybridized carbons (Fsp3) is 0.455. The smallest absolute Gasteiger partial charge is 0.329 e. The van der Waals surface area contributed by atoms with Gasteiger partial charge in [-0.3, -0.25) is 9.59 Å². The maximum absolute atomic E-state index is 12.0. The summed E-state index contributed by atoms with van der Waals surface area (Å²) in [6.07, 6.45) is 1.14. The molecule has 98 valence electrons. The lowest BCUT2D eigenvalue weighted by atomic mass is 10.0. The number of rotatable bonds is 3. The van der Waals surface area contributed by atoms with Gasteiger partial charge in [-0.05, 0) is 20.8 Å².